The van der Waals surface area contributed by atoms with E-state index in [9.17, 15) is 4.57 Å². The van der Waals surface area contributed by atoms with Gasteiger partial charge in [-0.25, -0.2) is 0 Å². The lowest BCUT2D eigenvalue weighted by atomic mass is 15.8. The molecule has 0 saturated carbocycles. The van der Waals surface area contributed by atoms with Crippen LogP contribution in [0.2, 0.25) is 0 Å². The standard InChI is InChI=1S/H4O3PSi2/c1-4-2-5-6-3-4/h5-6H2/q+1. The lowest BCUT2D eigenvalue weighted by molar-refractivity contribution is 0.460. The van der Waals surface area contributed by atoms with Crippen LogP contribution in [0.5, 0.6) is 0 Å². The summed E-state index contributed by atoms with van der Waals surface area (Å²) in [7, 11) is -2.33. The van der Waals surface area contributed by atoms with Gasteiger partial charge in [-0.05, 0) is 0 Å². The van der Waals surface area contributed by atoms with Crippen molar-refractivity contribution in [2.45, 2.75) is 0 Å². The number of hydrogen-bond donors (Lipinski definition) is 0. The summed E-state index contributed by atoms with van der Waals surface area (Å²) < 4.78 is 19.3. The summed E-state index contributed by atoms with van der Waals surface area (Å²) in [5.41, 5.74) is 0. The van der Waals surface area contributed by atoms with Crippen LogP contribution in [-0.4, -0.2) is 18.6 Å². The molecule has 1 heterocycles. The quantitative estimate of drug-likeness (QED) is 0.311. The Morgan fingerprint density at radius 2 is 1.83 bits per heavy atom. The summed E-state index contributed by atoms with van der Waals surface area (Å²) >= 11 is 0. The van der Waals surface area contributed by atoms with E-state index >= 15 is 0 Å². The Hall–Kier alpha value is 0.454. The molecular weight excluding hydrogens is 135 g/mol. The average molecular weight is 139 g/mol. The maximum atomic E-state index is 10.0. The van der Waals surface area contributed by atoms with Crippen molar-refractivity contribution in [2.24, 2.45) is 0 Å². The van der Waals surface area contributed by atoms with Crippen LogP contribution in [0.3, 0.4) is 0 Å². The summed E-state index contributed by atoms with van der Waals surface area (Å²) in [4.78, 5) is 0. The highest BCUT2D eigenvalue weighted by Gasteiger charge is 2.27. The van der Waals surface area contributed by atoms with Crippen molar-refractivity contribution in [3.63, 3.8) is 0 Å². The fourth-order valence-corrected chi connectivity index (χ4v) is 7.04. The van der Waals surface area contributed by atoms with E-state index in [4.69, 9.17) is 0 Å². The first kappa shape index (κ1) is 4.61. The minimum atomic E-state index is -1.59. The van der Waals surface area contributed by atoms with E-state index in [-0.39, 0.29) is 18.6 Å². The van der Waals surface area contributed by atoms with Crippen molar-refractivity contribution in [3.8, 4) is 0 Å². The molecule has 0 aromatic carbocycles. The molecule has 3 nitrogen and oxygen atoms in total. The maximum absolute atomic E-state index is 10.0. The van der Waals surface area contributed by atoms with Gasteiger partial charge in [0.15, 0.2) is 0 Å². The van der Waals surface area contributed by atoms with Crippen LogP contribution in [-0.2, 0) is 13.0 Å². The van der Waals surface area contributed by atoms with Crippen molar-refractivity contribution in [1.82, 2.24) is 0 Å². The molecule has 0 aliphatic carbocycles. The van der Waals surface area contributed by atoms with Gasteiger partial charge < -0.3 is 0 Å². The van der Waals surface area contributed by atoms with Crippen molar-refractivity contribution in [1.29, 1.82) is 0 Å². The van der Waals surface area contributed by atoms with Crippen LogP contribution in [0.25, 0.3) is 0 Å². The lowest BCUT2D eigenvalue weighted by Gasteiger charge is -1.57. The first-order valence-corrected chi connectivity index (χ1v) is 7.88. The molecule has 0 unspecified atom stereocenters. The Kier molecular flexibility index (Phi) is 1.50. The Balaban J connectivity index is 2.37. The first-order chi connectivity index (χ1) is 2.89. The molecule has 0 aromatic rings. The summed E-state index contributed by atoms with van der Waals surface area (Å²) in [6, 6.07) is 0. The third-order valence-corrected chi connectivity index (χ3v) is 7.58. The third-order valence-electron chi connectivity index (χ3n) is 0.477. The molecule has 1 saturated heterocycles. The van der Waals surface area contributed by atoms with Gasteiger partial charge in [0.25, 0.3) is 18.6 Å². The van der Waals surface area contributed by atoms with Gasteiger partial charge in [-0.1, -0.05) is 0 Å². The molecule has 0 bridgehead atoms. The third kappa shape index (κ3) is 0.956. The predicted octanol–water partition coefficient (Wildman–Crippen LogP) is -1.23. The van der Waals surface area contributed by atoms with Crippen LogP contribution in [0, 0.1) is 0 Å². The molecule has 0 N–H and O–H groups in total. The summed E-state index contributed by atoms with van der Waals surface area (Å²) in [5, 5.41) is 0. The Bertz CT molecular complexity index is 63.2. The molecule has 1 aliphatic rings. The molecule has 6 heavy (non-hydrogen) atoms. The number of rotatable bonds is 0. The normalized spacial score (nSPS) is 36.3. The Morgan fingerprint density at radius 1 is 1.33 bits per heavy atom. The molecule has 0 spiro atoms. The number of hydrogen-bond acceptors (Lipinski definition) is 3. The summed E-state index contributed by atoms with van der Waals surface area (Å²) in [5.74, 6) is 0. The van der Waals surface area contributed by atoms with Crippen LogP contribution in [0.1, 0.15) is 0 Å². The predicted molar refractivity (Wildman–Crippen MR) is 26.9 cm³/mol. The van der Waals surface area contributed by atoms with E-state index in [2.05, 4.69) is 8.43 Å². The Morgan fingerprint density at radius 3 is 2.00 bits per heavy atom. The van der Waals surface area contributed by atoms with E-state index in [1.54, 1.807) is 0 Å². The second-order valence-corrected chi connectivity index (χ2v) is 6.67. The van der Waals surface area contributed by atoms with Crippen LogP contribution in [0.15, 0.2) is 0 Å². The van der Waals surface area contributed by atoms with E-state index in [1.807, 2.05) is 0 Å². The molecule has 34 valence electrons. The average Bonchev–Trinajstić information content (AvgIpc) is 1.86. The highest BCUT2D eigenvalue weighted by Crippen LogP contribution is 2.25. The van der Waals surface area contributed by atoms with Crippen molar-refractivity contribution >= 4 is 26.8 Å². The fraction of sp³-hybridized carbons (Fsp3) is 0. The van der Waals surface area contributed by atoms with Gasteiger partial charge in [0.2, 0.25) is 0 Å². The van der Waals surface area contributed by atoms with E-state index < -0.39 is 8.25 Å². The lowest BCUT2D eigenvalue weighted by Crippen LogP contribution is -1.92. The van der Waals surface area contributed by atoms with Gasteiger partial charge in [-0.15, -0.1) is 0 Å². The largest absolute Gasteiger partial charge is 0.671 e. The van der Waals surface area contributed by atoms with Crippen molar-refractivity contribution < 1.29 is 13.0 Å². The van der Waals surface area contributed by atoms with Crippen LogP contribution < -0.4 is 0 Å². The molecule has 0 atom stereocenters. The maximum Gasteiger partial charge on any atom is 0.671 e. The molecular formula is H4O3PSi2+. The molecule has 0 radical (unpaired) electrons. The first-order valence-electron chi connectivity index (χ1n) is 1.63. The van der Waals surface area contributed by atoms with Gasteiger partial charge in [0, 0.05) is 4.57 Å². The second-order valence-electron chi connectivity index (χ2n) is 0.890. The minimum absolute atomic E-state index is 0.371. The van der Waals surface area contributed by atoms with Gasteiger partial charge in [-0.2, -0.15) is 8.43 Å². The molecule has 0 aromatic heterocycles. The van der Waals surface area contributed by atoms with Gasteiger partial charge >= 0.3 is 8.25 Å². The zero-order chi connectivity index (χ0) is 4.41. The van der Waals surface area contributed by atoms with E-state index in [1.165, 1.54) is 0 Å². The highest BCUT2D eigenvalue weighted by molar-refractivity contribution is 7.41. The Labute approximate surface area is 40.7 Å². The SMILES string of the molecule is O=[P+]1O[SiH2][SiH2]O1. The highest BCUT2D eigenvalue weighted by atomic mass is 31.1. The zero-order valence-electron chi connectivity index (χ0n) is 3.09. The topological polar surface area (TPSA) is 35.5 Å². The van der Waals surface area contributed by atoms with Gasteiger partial charge in [0.1, 0.15) is 0 Å². The second kappa shape index (κ2) is 1.95. The van der Waals surface area contributed by atoms with E-state index in [0.717, 1.165) is 0 Å². The smallest absolute Gasteiger partial charge is 0.185 e. The van der Waals surface area contributed by atoms with Crippen LogP contribution in [0.4, 0.5) is 0 Å². The minimum Gasteiger partial charge on any atom is -0.185 e. The van der Waals surface area contributed by atoms with Crippen LogP contribution >= 0.6 is 8.25 Å². The summed E-state index contributed by atoms with van der Waals surface area (Å²) in [6.07, 6.45) is 0. The molecule has 1 rings (SSSR count). The molecule has 0 amide bonds. The van der Waals surface area contributed by atoms with Gasteiger partial charge in [0.05, 0.1) is 0 Å². The van der Waals surface area contributed by atoms with Crippen molar-refractivity contribution in [3.05, 3.63) is 0 Å². The fourth-order valence-electron chi connectivity index (χ4n) is 0.261. The van der Waals surface area contributed by atoms with Gasteiger partial charge in [-0.3, -0.25) is 0 Å². The molecule has 1 aliphatic heterocycles. The van der Waals surface area contributed by atoms with Crippen molar-refractivity contribution in [2.75, 3.05) is 0 Å². The van der Waals surface area contributed by atoms with E-state index in [0.29, 0.717) is 0 Å². The summed E-state index contributed by atoms with van der Waals surface area (Å²) in [6.45, 7) is 0. The molecule has 1 fully saturated rings. The monoisotopic (exact) mass is 139 g/mol. The zero-order valence-corrected chi connectivity index (χ0v) is 6.81. The molecule has 6 heteroatoms.